The molecule has 9 heteroatoms. The van der Waals surface area contributed by atoms with Gasteiger partial charge in [-0.2, -0.15) is 0 Å². The van der Waals surface area contributed by atoms with E-state index in [4.69, 9.17) is 14.5 Å². The summed E-state index contributed by atoms with van der Waals surface area (Å²) in [5.74, 6) is 0.365. The SMILES string of the molecule is CCCS(=O)(=O)N1CC[C@@H](CC(=O)O)[C@@H](CC2=NCCc3cc(OC)c(OC)cc32)C1. The fraction of sp³-hybridized carbons (Fsp3) is 0.636. The zero-order valence-corrected chi connectivity index (χ0v) is 19.3. The van der Waals surface area contributed by atoms with Crippen molar-refractivity contribution in [3.05, 3.63) is 23.3 Å². The van der Waals surface area contributed by atoms with E-state index in [0.717, 1.165) is 23.3 Å². The largest absolute Gasteiger partial charge is 0.493 e. The summed E-state index contributed by atoms with van der Waals surface area (Å²) >= 11 is 0. The highest BCUT2D eigenvalue weighted by Crippen LogP contribution is 2.36. The predicted octanol–water partition coefficient (Wildman–Crippen LogP) is 2.59. The molecule has 2 aliphatic rings. The summed E-state index contributed by atoms with van der Waals surface area (Å²) in [4.78, 5) is 16.2. The third kappa shape index (κ3) is 5.38. The summed E-state index contributed by atoms with van der Waals surface area (Å²) < 4.78 is 37.7. The van der Waals surface area contributed by atoms with Crippen molar-refractivity contribution in [1.82, 2.24) is 4.31 Å². The van der Waals surface area contributed by atoms with Gasteiger partial charge in [-0.15, -0.1) is 0 Å². The van der Waals surface area contributed by atoms with Crippen molar-refractivity contribution >= 4 is 21.7 Å². The number of ether oxygens (including phenoxy) is 2. The monoisotopic (exact) mass is 452 g/mol. The summed E-state index contributed by atoms with van der Waals surface area (Å²) in [6.07, 6.45) is 2.48. The number of carbonyl (C=O) groups is 1. The number of sulfonamides is 1. The molecule has 0 aromatic heterocycles. The van der Waals surface area contributed by atoms with Gasteiger partial charge < -0.3 is 14.6 Å². The molecule has 0 amide bonds. The van der Waals surface area contributed by atoms with Crippen LogP contribution in [0.15, 0.2) is 17.1 Å². The molecule has 0 unspecified atom stereocenters. The Kier molecular flexibility index (Phi) is 7.59. The van der Waals surface area contributed by atoms with E-state index in [9.17, 15) is 18.3 Å². The van der Waals surface area contributed by atoms with Crippen molar-refractivity contribution in [2.75, 3.05) is 39.6 Å². The van der Waals surface area contributed by atoms with Gasteiger partial charge in [0.1, 0.15) is 0 Å². The third-order valence-electron chi connectivity index (χ3n) is 6.21. The van der Waals surface area contributed by atoms with Crippen LogP contribution in [0.3, 0.4) is 0 Å². The Bertz CT molecular complexity index is 944. The van der Waals surface area contributed by atoms with E-state index < -0.39 is 16.0 Å². The Labute approximate surface area is 184 Å². The number of carboxylic acids is 1. The van der Waals surface area contributed by atoms with E-state index in [2.05, 4.69) is 0 Å². The maximum atomic E-state index is 12.7. The van der Waals surface area contributed by atoms with Crippen molar-refractivity contribution in [3.8, 4) is 11.5 Å². The molecule has 1 fully saturated rings. The molecular weight excluding hydrogens is 420 g/mol. The molecule has 2 aliphatic heterocycles. The minimum Gasteiger partial charge on any atom is -0.493 e. The predicted molar refractivity (Wildman–Crippen MR) is 119 cm³/mol. The number of aliphatic imine (C=N–C) groups is 1. The van der Waals surface area contributed by atoms with Crippen LogP contribution >= 0.6 is 0 Å². The standard InChI is InChI=1S/C22H32N2O6S/c1-4-9-31(27,28)24-8-6-15(12-22(25)26)17(14-24)10-19-18-13-21(30-3)20(29-2)11-16(18)5-7-23-19/h11,13,15,17H,4-10,12,14H2,1-3H3,(H,25,26)/t15-,17-/m0/s1. The molecule has 1 aromatic carbocycles. The summed E-state index contributed by atoms with van der Waals surface area (Å²) in [7, 11) is -0.139. The Morgan fingerprint density at radius 1 is 1.23 bits per heavy atom. The average Bonchev–Trinajstić information content (AvgIpc) is 2.73. The van der Waals surface area contributed by atoms with Gasteiger partial charge in [0.2, 0.25) is 10.0 Å². The zero-order valence-electron chi connectivity index (χ0n) is 18.5. The van der Waals surface area contributed by atoms with Crippen LogP contribution in [0.25, 0.3) is 0 Å². The van der Waals surface area contributed by atoms with Crippen molar-refractivity contribution in [2.45, 2.75) is 39.0 Å². The second kappa shape index (κ2) is 9.99. The molecule has 1 aromatic rings. The summed E-state index contributed by atoms with van der Waals surface area (Å²) in [6, 6.07) is 3.89. The van der Waals surface area contributed by atoms with Gasteiger partial charge in [-0.25, -0.2) is 12.7 Å². The van der Waals surface area contributed by atoms with Gasteiger partial charge in [-0.1, -0.05) is 6.92 Å². The Hall–Kier alpha value is -2.13. The number of carboxylic acid groups (broad SMARTS) is 1. The minimum atomic E-state index is -3.33. The molecule has 1 saturated heterocycles. The minimum absolute atomic E-state index is 0.0401. The molecule has 0 spiro atoms. The number of hydrogen-bond acceptors (Lipinski definition) is 6. The fourth-order valence-corrected chi connectivity index (χ4v) is 6.20. The van der Waals surface area contributed by atoms with E-state index in [1.807, 2.05) is 19.1 Å². The molecular formula is C22H32N2O6S. The molecule has 2 atom stereocenters. The average molecular weight is 453 g/mol. The van der Waals surface area contributed by atoms with Crippen LogP contribution < -0.4 is 9.47 Å². The van der Waals surface area contributed by atoms with Crippen LogP contribution in [0.2, 0.25) is 0 Å². The van der Waals surface area contributed by atoms with Crippen LogP contribution in [-0.4, -0.2) is 69.1 Å². The molecule has 1 N–H and O–H groups in total. The first-order valence-corrected chi connectivity index (χ1v) is 12.4. The van der Waals surface area contributed by atoms with E-state index in [-0.39, 0.29) is 24.0 Å². The molecule has 3 rings (SSSR count). The normalized spacial score (nSPS) is 21.8. The Morgan fingerprint density at radius 2 is 1.94 bits per heavy atom. The van der Waals surface area contributed by atoms with Gasteiger partial charge in [0.05, 0.1) is 20.0 Å². The third-order valence-corrected chi connectivity index (χ3v) is 8.25. The number of methoxy groups -OCH3 is 2. The van der Waals surface area contributed by atoms with Crippen LogP contribution in [-0.2, 0) is 21.2 Å². The molecule has 0 radical (unpaired) electrons. The summed E-state index contributed by atoms with van der Waals surface area (Å²) in [6.45, 7) is 3.21. The van der Waals surface area contributed by atoms with Gasteiger partial charge in [0, 0.05) is 37.3 Å². The number of nitrogens with zero attached hydrogens (tertiary/aromatic N) is 2. The first-order valence-electron chi connectivity index (χ1n) is 10.8. The molecule has 0 aliphatic carbocycles. The fourth-order valence-electron chi connectivity index (χ4n) is 4.63. The highest BCUT2D eigenvalue weighted by atomic mass is 32.2. The number of rotatable bonds is 9. The highest BCUT2D eigenvalue weighted by Gasteiger charge is 2.36. The maximum Gasteiger partial charge on any atom is 0.303 e. The van der Waals surface area contributed by atoms with Crippen LogP contribution in [0.1, 0.15) is 43.7 Å². The number of piperidine rings is 1. The van der Waals surface area contributed by atoms with Crippen LogP contribution in [0, 0.1) is 11.8 Å². The lowest BCUT2D eigenvalue weighted by Crippen LogP contribution is -2.45. The van der Waals surface area contributed by atoms with Crippen molar-refractivity contribution in [3.63, 3.8) is 0 Å². The first-order chi connectivity index (χ1) is 14.8. The number of aliphatic carboxylic acids is 1. The van der Waals surface area contributed by atoms with Crippen molar-refractivity contribution in [2.24, 2.45) is 16.8 Å². The van der Waals surface area contributed by atoms with Gasteiger partial charge in [0.15, 0.2) is 11.5 Å². The molecule has 31 heavy (non-hydrogen) atoms. The van der Waals surface area contributed by atoms with E-state index in [0.29, 0.717) is 50.4 Å². The van der Waals surface area contributed by atoms with Gasteiger partial charge in [-0.05, 0) is 55.2 Å². The van der Waals surface area contributed by atoms with Gasteiger partial charge in [0.25, 0.3) is 0 Å². The second-order valence-electron chi connectivity index (χ2n) is 8.23. The van der Waals surface area contributed by atoms with Gasteiger partial charge >= 0.3 is 5.97 Å². The van der Waals surface area contributed by atoms with Gasteiger partial charge in [-0.3, -0.25) is 9.79 Å². The smallest absolute Gasteiger partial charge is 0.303 e. The Morgan fingerprint density at radius 3 is 2.58 bits per heavy atom. The molecule has 8 nitrogen and oxygen atoms in total. The maximum absolute atomic E-state index is 12.7. The number of benzene rings is 1. The topological polar surface area (TPSA) is 106 Å². The number of hydrogen-bond donors (Lipinski definition) is 1. The van der Waals surface area contributed by atoms with Crippen molar-refractivity contribution < 1.29 is 27.8 Å². The first kappa shape index (κ1) is 23.5. The quantitative estimate of drug-likeness (QED) is 0.617. The Balaban J connectivity index is 1.88. The summed E-state index contributed by atoms with van der Waals surface area (Å²) in [5, 5.41) is 9.39. The lowest BCUT2D eigenvalue weighted by atomic mass is 9.79. The zero-order chi connectivity index (χ0) is 22.6. The molecule has 0 bridgehead atoms. The number of fused-ring (bicyclic) bond motifs is 1. The molecule has 0 saturated carbocycles. The van der Waals surface area contributed by atoms with E-state index in [1.54, 1.807) is 18.5 Å². The van der Waals surface area contributed by atoms with E-state index >= 15 is 0 Å². The molecule has 172 valence electrons. The summed E-state index contributed by atoms with van der Waals surface area (Å²) in [5.41, 5.74) is 2.98. The van der Waals surface area contributed by atoms with Crippen LogP contribution in [0.4, 0.5) is 0 Å². The molecule has 2 heterocycles. The highest BCUT2D eigenvalue weighted by molar-refractivity contribution is 7.89. The van der Waals surface area contributed by atoms with Crippen LogP contribution in [0.5, 0.6) is 11.5 Å². The second-order valence-corrected chi connectivity index (χ2v) is 10.3. The van der Waals surface area contributed by atoms with E-state index in [1.165, 1.54) is 0 Å². The van der Waals surface area contributed by atoms with Crippen molar-refractivity contribution in [1.29, 1.82) is 0 Å². The lowest BCUT2D eigenvalue weighted by molar-refractivity contribution is -0.138. The lowest BCUT2D eigenvalue weighted by Gasteiger charge is -2.38.